The van der Waals surface area contributed by atoms with Crippen LogP contribution in [0.5, 0.6) is 0 Å². The summed E-state index contributed by atoms with van der Waals surface area (Å²) in [5.41, 5.74) is 4.34. The average molecular weight is 784 g/mol. The molecule has 8 atom stereocenters. The Labute approximate surface area is 333 Å². The number of aromatic carboxylic acids is 1. The zero-order valence-corrected chi connectivity index (χ0v) is 33.1. The number of carboxylic acids is 1. The highest BCUT2D eigenvalue weighted by Crippen LogP contribution is 2.61. The van der Waals surface area contributed by atoms with Crippen molar-refractivity contribution in [2.75, 3.05) is 6.61 Å². The molecular formula is C45H53NO11. The maximum absolute atomic E-state index is 14.4. The van der Waals surface area contributed by atoms with Crippen molar-refractivity contribution in [3.63, 3.8) is 0 Å². The van der Waals surface area contributed by atoms with E-state index in [9.17, 15) is 34.2 Å². The second-order valence-corrected chi connectivity index (χ2v) is 16.1. The van der Waals surface area contributed by atoms with Crippen LogP contribution in [0.2, 0.25) is 0 Å². The second-order valence-electron chi connectivity index (χ2n) is 16.1. The van der Waals surface area contributed by atoms with E-state index in [2.05, 4.69) is 0 Å². The Morgan fingerprint density at radius 1 is 0.860 bits per heavy atom. The molecule has 3 aromatic carbocycles. The number of ketones is 1. The van der Waals surface area contributed by atoms with Gasteiger partial charge in [0.05, 0.1) is 35.4 Å². The minimum absolute atomic E-state index is 0.0134. The predicted octanol–water partition coefficient (Wildman–Crippen LogP) is 5.49. The minimum Gasteiger partial charge on any atom is -0.478 e. The lowest BCUT2D eigenvalue weighted by atomic mass is 9.47. The Hall–Kier alpha value is -5.17. The third-order valence-corrected chi connectivity index (χ3v) is 12.4. The van der Waals surface area contributed by atoms with Gasteiger partial charge in [0.25, 0.3) is 0 Å². The SMILES string of the molecule is CC(=O)OC1C(=O)C2(C)C(O)CC3OCC3C2CC2(O)C[C@H](OC(=O)CCc3ccccc3)C(C)=C1C2(C)C.NC(=O)c1ccccc1.O=C(O)c1ccccc1. The molecule has 1 saturated heterocycles. The third-order valence-electron chi connectivity index (χ3n) is 12.4. The fourth-order valence-corrected chi connectivity index (χ4v) is 8.81. The monoisotopic (exact) mass is 783 g/mol. The molecule has 0 aromatic heterocycles. The number of esters is 2. The maximum Gasteiger partial charge on any atom is 0.335 e. The number of amides is 1. The van der Waals surface area contributed by atoms with Crippen LogP contribution in [0.25, 0.3) is 0 Å². The second kappa shape index (κ2) is 17.5. The summed E-state index contributed by atoms with van der Waals surface area (Å²) in [5.74, 6) is -3.08. The fourth-order valence-electron chi connectivity index (χ4n) is 8.81. The lowest BCUT2D eigenvalue weighted by Gasteiger charge is -2.62. The van der Waals surface area contributed by atoms with E-state index >= 15 is 0 Å². The van der Waals surface area contributed by atoms with Crippen LogP contribution in [0.3, 0.4) is 0 Å². The molecule has 3 aliphatic carbocycles. The van der Waals surface area contributed by atoms with Gasteiger partial charge in [-0.15, -0.1) is 0 Å². The molecule has 2 saturated carbocycles. The van der Waals surface area contributed by atoms with Gasteiger partial charge in [-0.2, -0.15) is 0 Å². The Morgan fingerprint density at radius 3 is 1.89 bits per heavy atom. The van der Waals surface area contributed by atoms with E-state index in [0.717, 1.165) is 5.56 Å². The van der Waals surface area contributed by atoms with E-state index in [1.807, 2.05) is 50.2 Å². The summed E-state index contributed by atoms with van der Waals surface area (Å²) in [6, 6.07) is 26.7. The van der Waals surface area contributed by atoms with Crippen molar-refractivity contribution in [1.82, 2.24) is 0 Å². The molecule has 0 spiro atoms. The number of carbonyl (C=O) groups is 5. The minimum atomic E-state index is -1.39. The van der Waals surface area contributed by atoms with Gasteiger partial charge >= 0.3 is 17.9 Å². The topological polar surface area (TPSA) is 200 Å². The number of rotatable bonds is 7. The zero-order chi connectivity index (χ0) is 41.7. The van der Waals surface area contributed by atoms with Gasteiger partial charge in [0.2, 0.25) is 5.91 Å². The summed E-state index contributed by atoms with van der Waals surface area (Å²) in [6.45, 7) is 8.94. The molecule has 12 nitrogen and oxygen atoms in total. The maximum atomic E-state index is 14.4. The summed E-state index contributed by atoms with van der Waals surface area (Å²) in [4.78, 5) is 60.4. The molecule has 1 amide bonds. The molecule has 3 aromatic rings. The molecule has 2 bridgehead atoms. The van der Waals surface area contributed by atoms with Crippen molar-refractivity contribution in [1.29, 1.82) is 0 Å². The molecule has 7 rings (SSSR count). The van der Waals surface area contributed by atoms with Gasteiger partial charge in [-0.3, -0.25) is 19.2 Å². The van der Waals surface area contributed by atoms with Crippen LogP contribution in [0.1, 0.15) is 86.6 Å². The van der Waals surface area contributed by atoms with Crippen molar-refractivity contribution in [3.8, 4) is 0 Å². The third kappa shape index (κ3) is 9.03. The quantitative estimate of drug-likeness (QED) is 0.175. The van der Waals surface area contributed by atoms with Crippen molar-refractivity contribution in [2.24, 2.45) is 28.4 Å². The Bertz CT molecular complexity index is 1910. The highest BCUT2D eigenvalue weighted by atomic mass is 16.6. The highest BCUT2D eigenvalue weighted by Gasteiger charge is 2.67. The van der Waals surface area contributed by atoms with Crippen LogP contribution >= 0.6 is 0 Å². The average Bonchev–Trinajstić information content (AvgIpc) is 3.17. The van der Waals surface area contributed by atoms with E-state index in [-0.39, 0.29) is 43.0 Å². The van der Waals surface area contributed by atoms with Crippen LogP contribution < -0.4 is 5.73 Å². The van der Waals surface area contributed by atoms with E-state index in [0.29, 0.717) is 41.7 Å². The molecule has 304 valence electrons. The van der Waals surface area contributed by atoms with Gasteiger partial charge in [-0.1, -0.05) is 80.6 Å². The molecule has 57 heavy (non-hydrogen) atoms. The largest absolute Gasteiger partial charge is 0.478 e. The van der Waals surface area contributed by atoms with Crippen LogP contribution in [0.15, 0.2) is 102 Å². The Balaban J connectivity index is 0.000000281. The fraction of sp³-hybridized carbons (Fsp3) is 0.444. The lowest BCUT2D eigenvalue weighted by molar-refractivity contribution is -0.244. The first-order valence-corrected chi connectivity index (χ1v) is 19.2. The van der Waals surface area contributed by atoms with E-state index < -0.39 is 58.6 Å². The van der Waals surface area contributed by atoms with Gasteiger partial charge in [0, 0.05) is 43.1 Å². The summed E-state index contributed by atoms with van der Waals surface area (Å²) in [6.07, 6.45) is -1.90. The number of benzene rings is 3. The predicted molar refractivity (Wildman–Crippen MR) is 210 cm³/mol. The molecule has 3 fully saturated rings. The van der Waals surface area contributed by atoms with Crippen LogP contribution in [-0.4, -0.2) is 81.5 Å². The zero-order valence-electron chi connectivity index (χ0n) is 33.1. The Kier molecular flexibility index (Phi) is 13.2. The number of ether oxygens (including phenoxy) is 3. The van der Waals surface area contributed by atoms with Gasteiger partial charge in [0.1, 0.15) is 6.10 Å². The normalized spacial score (nSPS) is 29.4. The standard InChI is InChI=1S/C31H40O8.C7H7NO.C7H6O2/c1-17-23(39-25(34)12-11-19-9-7-6-8-10-19)15-31(36)14-21-20-16-37-22(20)13-24(33)30(21,5)28(35)27(38-18(2)32)26(17)29(31,3)4;2*8-7(9)6-4-2-1-3-5-6/h6-10,20-24,27,33,36H,11-16H2,1-5H3;1-5H,(H2,8,9);1-5H,(H,8,9)/t20?,21?,22?,23-,24?,27?,30?,31?;;/m0../s1. The first-order chi connectivity index (χ1) is 26.9. The number of carboxylic acid groups (broad SMARTS) is 1. The number of hydrogen-bond donors (Lipinski definition) is 4. The van der Waals surface area contributed by atoms with Crippen molar-refractivity contribution >= 4 is 29.6 Å². The Morgan fingerprint density at radius 2 is 1.42 bits per heavy atom. The molecule has 5 N–H and O–H groups in total. The number of aryl methyl sites for hydroxylation is 1. The summed E-state index contributed by atoms with van der Waals surface area (Å²) in [5, 5.41) is 32.1. The van der Waals surface area contributed by atoms with E-state index in [4.69, 9.17) is 25.1 Å². The smallest absolute Gasteiger partial charge is 0.335 e. The summed E-state index contributed by atoms with van der Waals surface area (Å²) < 4.78 is 17.4. The number of primary amides is 1. The van der Waals surface area contributed by atoms with Crippen LogP contribution in [0, 0.1) is 22.7 Å². The van der Waals surface area contributed by atoms with Gasteiger partial charge in [0.15, 0.2) is 11.9 Å². The van der Waals surface area contributed by atoms with Gasteiger partial charge in [-0.05, 0) is 73.6 Å². The molecule has 1 heterocycles. The van der Waals surface area contributed by atoms with Crippen LogP contribution in [0.4, 0.5) is 0 Å². The molecule has 4 aliphatic rings. The number of hydrogen-bond acceptors (Lipinski definition) is 10. The molecule has 12 heteroatoms. The van der Waals surface area contributed by atoms with Crippen molar-refractivity contribution in [3.05, 3.63) is 119 Å². The molecule has 1 aliphatic heterocycles. The van der Waals surface area contributed by atoms with Crippen LogP contribution in [-0.2, 0) is 35.0 Å². The summed E-state index contributed by atoms with van der Waals surface area (Å²) >= 11 is 0. The number of nitrogens with two attached hydrogens (primary N) is 1. The lowest BCUT2D eigenvalue weighted by Crippen LogP contribution is -2.69. The van der Waals surface area contributed by atoms with Gasteiger partial charge < -0.3 is 35.3 Å². The van der Waals surface area contributed by atoms with Crippen molar-refractivity contribution < 1.29 is 53.5 Å². The number of aliphatic hydroxyl groups excluding tert-OH is 1. The molecule has 0 radical (unpaired) electrons. The molecule has 7 unspecified atom stereocenters. The number of aliphatic hydroxyl groups is 2. The number of carbonyl (C=O) groups excluding carboxylic acids is 4. The van der Waals surface area contributed by atoms with Gasteiger partial charge in [-0.25, -0.2) is 4.79 Å². The summed E-state index contributed by atoms with van der Waals surface area (Å²) in [7, 11) is 0. The number of Topliss-reactive ketones (excluding diaryl/α,β-unsaturated/α-hetero) is 1. The van der Waals surface area contributed by atoms with E-state index in [1.54, 1.807) is 68.4 Å². The first-order valence-electron chi connectivity index (χ1n) is 19.2. The van der Waals surface area contributed by atoms with E-state index in [1.165, 1.54) is 6.92 Å². The first kappa shape index (κ1) is 43.0. The molecular weight excluding hydrogens is 730 g/mol. The number of fused-ring (bicyclic) bond motifs is 5. The highest BCUT2D eigenvalue weighted by molar-refractivity contribution is 5.95. The van der Waals surface area contributed by atoms with Crippen molar-refractivity contribution in [2.45, 2.75) is 96.7 Å².